The van der Waals surface area contributed by atoms with Crippen LogP contribution in [-0.4, -0.2) is 86.7 Å². The van der Waals surface area contributed by atoms with Crippen LogP contribution in [0.5, 0.6) is 5.88 Å². The van der Waals surface area contributed by atoms with E-state index in [9.17, 15) is 14.9 Å². The van der Waals surface area contributed by atoms with Crippen LogP contribution in [0.1, 0.15) is 71.7 Å². The molecule has 0 N–H and O–H groups in total. The van der Waals surface area contributed by atoms with E-state index in [1.807, 2.05) is 49.6 Å². The molecule has 10 nitrogen and oxygen atoms in total. The van der Waals surface area contributed by atoms with Gasteiger partial charge in [-0.25, -0.2) is 14.2 Å². The molecular weight excluding hydrogens is 655 g/mol. The fraction of sp³-hybridized carbons (Fsp3) is 0.588. The van der Waals surface area contributed by atoms with Crippen LogP contribution < -0.4 is 4.74 Å². The number of benzene rings is 1. The summed E-state index contributed by atoms with van der Waals surface area (Å²) >= 11 is 3.42. The van der Waals surface area contributed by atoms with Gasteiger partial charge < -0.3 is 23.8 Å². The zero-order valence-corrected chi connectivity index (χ0v) is 29.0. The SMILES string of the molecule is CCOc1nc2c(F)c(Br)c(CCC#N)cc2c2c1cc(CN1CCN(C(C)C)CC1=O)n2C1[C@@H]2C[C@H]1N(C(=O)OC(C)(C)C)C2. The molecule has 3 aliphatic heterocycles. The molecular formula is C34H42BrFN6O4. The molecule has 2 aromatic heterocycles. The number of rotatable bonds is 8. The lowest BCUT2D eigenvalue weighted by molar-refractivity contribution is -0.137. The number of aromatic nitrogens is 2. The van der Waals surface area contributed by atoms with E-state index in [-0.39, 0.29) is 52.5 Å². The molecule has 1 unspecified atom stereocenters. The quantitative estimate of drug-likeness (QED) is 0.277. The minimum Gasteiger partial charge on any atom is -0.477 e. The Morgan fingerprint density at radius 1 is 1.24 bits per heavy atom. The third-order valence-electron chi connectivity index (χ3n) is 9.47. The van der Waals surface area contributed by atoms with Crippen LogP contribution in [0.25, 0.3) is 21.8 Å². The largest absolute Gasteiger partial charge is 0.477 e. The average molecular weight is 698 g/mol. The molecule has 5 heterocycles. The van der Waals surface area contributed by atoms with Gasteiger partial charge in [0.25, 0.3) is 0 Å². The van der Waals surface area contributed by atoms with Crippen molar-refractivity contribution in [1.29, 1.82) is 5.26 Å². The third kappa shape index (κ3) is 5.70. The number of hydrogen-bond donors (Lipinski definition) is 0. The van der Waals surface area contributed by atoms with E-state index in [1.165, 1.54) is 0 Å². The summed E-state index contributed by atoms with van der Waals surface area (Å²) in [5.74, 6) is 0.0460. The lowest BCUT2D eigenvalue weighted by Gasteiger charge is -2.40. The van der Waals surface area contributed by atoms with Gasteiger partial charge in [0.05, 0.1) is 53.2 Å². The Morgan fingerprint density at radius 3 is 2.65 bits per heavy atom. The standard InChI is InChI=1S/C34H42BrFN6O4/c1-7-45-32-24-15-22(17-40-12-11-39(19(2)3)18-26(40)43)42(30-21-14-25(30)41(16-21)33(44)46-34(4,5)6)31(24)23-13-20(9-8-10-37)27(35)28(36)29(23)38-32/h13,15,19,21,25,30H,7-9,11-12,14,16-18H2,1-6H3/t21-,25-,30?/m1/s1. The molecule has 7 rings (SSSR count). The summed E-state index contributed by atoms with van der Waals surface area (Å²) in [5, 5.41) is 10.6. The summed E-state index contributed by atoms with van der Waals surface area (Å²) in [6, 6.07) is 6.18. The predicted octanol–water partition coefficient (Wildman–Crippen LogP) is 6.18. The van der Waals surface area contributed by atoms with E-state index in [2.05, 4.69) is 50.3 Å². The number of amides is 2. The van der Waals surface area contributed by atoms with Crippen LogP contribution in [0, 0.1) is 23.1 Å². The van der Waals surface area contributed by atoms with Crippen molar-refractivity contribution in [2.75, 3.05) is 32.8 Å². The van der Waals surface area contributed by atoms with Crippen LogP contribution in [0.15, 0.2) is 16.6 Å². The van der Waals surface area contributed by atoms with Crippen LogP contribution >= 0.6 is 15.9 Å². The first-order valence-electron chi connectivity index (χ1n) is 16.2. The topological polar surface area (TPSA) is 104 Å². The molecule has 1 aliphatic carbocycles. The Labute approximate surface area is 277 Å². The summed E-state index contributed by atoms with van der Waals surface area (Å²) in [6.07, 6.45) is 1.12. The Hall–Kier alpha value is -3.43. The number of hydrogen-bond acceptors (Lipinski definition) is 7. The first-order chi connectivity index (χ1) is 21.8. The fourth-order valence-corrected chi connectivity index (χ4v) is 7.75. The third-order valence-corrected chi connectivity index (χ3v) is 10.3. The summed E-state index contributed by atoms with van der Waals surface area (Å²) < 4.78 is 30.4. The molecule has 246 valence electrons. The van der Waals surface area contributed by atoms with E-state index in [0.717, 1.165) is 29.6 Å². The van der Waals surface area contributed by atoms with Gasteiger partial charge in [-0.15, -0.1) is 0 Å². The zero-order chi connectivity index (χ0) is 33.1. The molecule has 2 bridgehead atoms. The van der Waals surface area contributed by atoms with Crippen LogP contribution in [0.3, 0.4) is 0 Å². The van der Waals surface area contributed by atoms with E-state index in [1.54, 1.807) is 0 Å². The Bertz CT molecular complexity index is 1740. The molecule has 0 spiro atoms. The maximum Gasteiger partial charge on any atom is 0.410 e. The molecule has 46 heavy (non-hydrogen) atoms. The van der Waals surface area contributed by atoms with E-state index < -0.39 is 11.4 Å². The zero-order valence-electron chi connectivity index (χ0n) is 27.4. The van der Waals surface area contributed by atoms with Gasteiger partial charge in [-0.2, -0.15) is 5.26 Å². The highest BCUT2D eigenvalue weighted by Crippen LogP contribution is 2.53. The van der Waals surface area contributed by atoms with Gasteiger partial charge in [0.2, 0.25) is 11.8 Å². The Kier molecular flexibility index (Phi) is 8.70. The van der Waals surface area contributed by atoms with E-state index >= 15 is 4.39 Å². The molecule has 3 aromatic rings. The smallest absolute Gasteiger partial charge is 0.410 e. The number of ether oxygens (including phenoxy) is 2. The molecule has 12 heteroatoms. The summed E-state index contributed by atoms with van der Waals surface area (Å²) in [6.45, 7) is 14.6. The Balaban J connectivity index is 1.53. The Morgan fingerprint density at radius 2 is 2.00 bits per heavy atom. The van der Waals surface area contributed by atoms with Crippen molar-refractivity contribution in [3.63, 3.8) is 0 Å². The molecule has 4 fully saturated rings. The van der Waals surface area contributed by atoms with Gasteiger partial charge in [-0.05, 0) is 88.0 Å². The van der Waals surface area contributed by atoms with Gasteiger partial charge in [-0.3, -0.25) is 9.69 Å². The first-order valence-corrected chi connectivity index (χ1v) is 17.0. The van der Waals surface area contributed by atoms with Gasteiger partial charge in [0, 0.05) is 49.1 Å². The highest BCUT2D eigenvalue weighted by atomic mass is 79.9. The van der Waals surface area contributed by atoms with Crippen LogP contribution in [0.2, 0.25) is 0 Å². The minimum absolute atomic E-state index is 0.0606. The maximum atomic E-state index is 16.1. The molecule has 2 amide bonds. The molecule has 1 aromatic carbocycles. The number of fused-ring (bicyclic) bond motifs is 4. The highest BCUT2D eigenvalue weighted by molar-refractivity contribution is 9.10. The molecule has 3 atom stereocenters. The van der Waals surface area contributed by atoms with Gasteiger partial charge in [-0.1, -0.05) is 0 Å². The minimum atomic E-state index is -0.623. The highest BCUT2D eigenvalue weighted by Gasteiger charge is 2.56. The number of halogens is 2. The molecule has 0 radical (unpaired) electrons. The number of carbonyl (C=O) groups is 2. The van der Waals surface area contributed by atoms with E-state index in [0.29, 0.717) is 56.0 Å². The van der Waals surface area contributed by atoms with Crippen LogP contribution in [0.4, 0.5) is 9.18 Å². The summed E-state index contributed by atoms with van der Waals surface area (Å²) in [7, 11) is 0. The van der Waals surface area contributed by atoms with Gasteiger partial charge in [0.15, 0.2) is 5.82 Å². The average Bonchev–Trinajstić information content (AvgIpc) is 3.68. The van der Waals surface area contributed by atoms with Crippen molar-refractivity contribution < 1.29 is 23.5 Å². The lowest BCUT2D eigenvalue weighted by Crippen LogP contribution is -2.52. The number of carbonyl (C=O) groups excluding carboxylic acids is 2. The van der Waals surface area contributed by atoms with Gasteiger partial charge in [0.1, 0.15) is 11.1 Å². The molecule has 3 saturated heterocycles. The second-order valence-corrected chi connectivity index (χ2v) is 14.7. The lowest BCUT2D eigenvalue weighted by atomic mass is 9.79. The number of pyridine rings is 1. The van der Waals surface area contributed by atoms with Crippen LogP contribution in [-0.2, 0) is 22.5 Å². The monoisotopic (exact) mass is 696 g/mol. The maximum absolute atomic E-state index is 16.1. The fourth-order valence-electron chi connectivity index (χ4n) is 7.25. The van der Waals surface area contributed by atoms with Crippen molar-refractivity contribution in [2.45, 2.75) is 91.1 Å². The molecule has 4 aliphatic rings. The normalized spacial score (nSPS) is 21.7. The van der Waals surface area contributed by atoms with Crippen molar-refractivity contribution in [3.8, 4) is 11.9 Å². The predicted molar refractivity (Wildman–Crippen MR) is 176 cm³/mol. The van der Waals surface area contributed by atoms with Crippen molar-refractivity contribution in [2.24, 2.45) is 5.92 Å². The van der Waals surface area contributed by atoms with E-state index in [4.69, 9.17) is 9.47 Å². The van der Waals surface area contributed by atoms with Crippen molar-refractivity contribution in [3.05, 3.63) is 33.7 Å². The molecule has 1 saturated carbocycles. The second-order valence-electron chi connectivity index (χ2n) is 13.9. The number of piperazine rings is 1. The summed E-state index contributed by atoms with van der Waals surface area (Å²) in [5.41, 5.74) is 1.89. The second kappa shape index (κ2) is 12.3. The first kappa shape index (κ1) is 32.5. The van der Waals surface area contributed by atoms with Crippen molar-refractivity contribution in [1.82, 2.24) is 24.3 Å². The number of aryl methyl sites for hydroxylation is 1. The van der Waals surface area contributed by atoms with Crippen molar-refractivity contribution >= 4 is 49.7 Å². The summed E-state index contributed by atoms with van der Waals surface area (Å²) in [4.78, 5) is 37.3. The number of nitrogens with zero attached hydrogens (tertiary/aromatic N) is 6. The van der Waals surface area contributed by atoms with Gasteiger partial charge >= 0.3 is 6.09 Å². The number of nitriles is 1.